The topological polar surface area (TPSA) is 59.4 Å². The number of nitrogens with zero attached hydrogens (tertiary/aromatic N) is 1. The molecule has 11 heavy (non-hydrogen) atoms. The summed E-state index contributed by atoms with van der Waals surface area (Å²) >= 11 is 0. The lowest BCUT2D eigenvalue weighted by molar-refractivity contribution is 0.0696. The molecular formula is C7H7NO3. The molecule has 1 rings (SSSR count). The SMILES string of the molecule is COc1cncc(C(=O)O)c1. The maximum Gasteiger partial charge on any atom is 0.337 e. The van der Waals surface area contributed by atoms with Gasteiger partial charge in [0.25, 0.3) is 0 Å². The summed E-state index contributed by atoms with van der Waals surface area (Å²) in [5, 5.41) is 8.51. The van der Waals surface area contributed by atoms with Gasteiger partial charge in [0.2, 0.25) is 0 Å². The Morgan fingerprint density at radius 2 is 2.36 bits per heavy atom. The summed E-state index contributed by atoms with van der Waals surface area (Å²) < 4.78 is 4.78. The number of aromatic carboxylic acids is 1. The number of aromatic nitrogens is 1. The van der Waals surface area contributed by atoms with Gasteiger partial charge in [0.1, 0.15) is 5.75 Å². The number of ether oxygens (including phenoxy) is 1. The van der Waals surface area contributed by atoms with Crippen molar-refractivity contribution in [1.29, 1.82) is 0 Å². The second kappa shape index (κ2) is 3.01. The summed E-state index contributed by atoms with van der Waals surface area (Å²) in [6, 6.07) is 1.41. The number of pyridine rings is 1. The van der Waals surface area contributed by atoms with Crippen LogP contribution in [0.15, 0.2) is 18.5 Å². The Morgan fingerprint density at radius 1 is 1.64 bits per heavy atom. The Balaban J connectivity index is 3.01. The fourth-order valence-electron chi connectivity index (χ4n) is 0.647. The van der Waals surface area contributed by atoms with Crippen LogP contribution in [0.4, 0.5) is 0 Å². The monoisotopic (exact) mass is 153 g/mol. The molecule has 0 aliphatic rings. The molecule has 0 bridgehead atoms. The van der Waals surface area contributed by atoms with E-state index in [4.69, 9.17) is 9.84 Å². The van der Waals surface area contributed by atoms with Crippen LogP contribution in [0.25, 0.3) is 0 Å². The molecule has 1 heterocycles. The second-order valence-electron chi connectivity index (χ2n) is 1.92. The molecule has 0 atom stereocenters. The highest BCUT2D eigenvalue weighted by Crippen LogP contribution is 2.09. The molecule has 0 saturated heterocycles. The molecule has 0 aliphatic heterocycles. The van der Waals surface area contributed by atoms with Crippen LogP contribution in [0.2, 0.25) is 0 Å². The number of carbonyl (C=O) groups is 1. The third kappa shape index (κ3) is 1.67. The molecule has 0 unspecified atom stereocenters. The largest absolute Gasteiger partial charge is 0.495 e. The average molecular weight is 153 g/mol. The van der Waals surface area contributed by atoms with Crippen LogP contribution in [-0.2, 0) is 0 Å². The summed E-state index contributed by atoms with van der Waals surface area (Å²) in [6.07, 6.45) is 2.72. The zero-order valence-electron chi connectivity index (χ0n) is 5.94. The lowest BCUT2D eigenvalue weighted by atomic mass is 10.3. The highest BCUT2D eigenvalue weighted by Gasteiger charge is 2.02. The van der Waals surface area contributed by atoms with Gasteiger partial charge < -0.3 is 9.84 Å². The number of carboxylic acids is 1. The van der Waals surface area contributed by atoms with E-state index in [1.807, 2.05) is 0 Å². The Labute approximate surface area is 63.5 Å². The first-order valence-electron chi connectivity index (χ1n) is 2.96. The highest BCUT2D eigenvalue weighted by atomic mass is 16.5. The molecule has 0 aliphatic carbocycles. The Morgan fingerprint density at radius 3 is 2.91 bits per heavy atom. The standard InChI is InChI=1S/C7H7NO3/c1-11-6-2-5(7(9)10)3-8-4-6/h2-4H,1H3,(H,9,10). The van der Waals surface area contributed by atoms with Gasteiger partial charge in [-0.3, -0.25) is 4.98 Å². The van der Waals surface area contributed by atoms with E-state index in [1.165, 1.54) is 25.6 Å². The molecule has 1 aromatic rings. The number of carboxylic acid groups (broad SMARTS) is 1. The fraction of sp³-hybridized carbons (Fsp3) is 0.143. The minimum absolute atomic E-state index is 0.129. The van der Waals surface area contributed by atoms with Crippen molar-refractivity contribution in [2.75, 3.05) is 7.11 Å². The molecule has 0 aromatic carbocycles. The van der Waals surface area contributed by atoms with Crippen LogP contribution in [0, 0.1) is 0 Å². The molecule has 0 radical (unpaired) electrons. The predicted octanol–water partition coefficient (Wildman–Crippen LogP) is 0.788. The zero-order chi connectivity index (χ0) is 8.27. The van der Waals surface area contributed by atoms with Crippen molar-refractivity contribution in [3.63, 3.8) is 0 Å². The third-order valence-corrected chi connectivity index (χ3v) is 1.20. The van der Waals surface area contributed by atoms with Crippen molar-refractivity contribution in [2.45, 2.75) is 0 Å². The lowest BCUT2D eigenvalue weighted by Gasteiger charge is -1.98. The molecule has 4 nitrogen and oxygen atoms in total. The summed E-state index contributed by atoms with van der Waals surface area (Å²) in [4.78, 5) is 14.0. The predicted molar refractivity (Wildman–Crippen MR) is 37.7 cm³/mol. The van der Waals surface area contributed by atoms with Gasteiger partial charge in [-0.05, 0) is 6.07 Å². The van der Waals surface area contributed by atoms with Crippen molar-refractivity contribution in [2.24, 2.45) is 0 Å². The molecule has 0 saturated carbocycles. The van der Waals surface area contributed by atoms with Gasteiger partial charge in [0.05, 0.1) is 18.9 Å². The van der Waals surface area contributed by atoms with Gasteiger partial charge in [-0.15, -0.1) is 0 Å². The molecule has 0 fully saturated rings. The quantitative estimate of drug-likeness (QED) is 0.682. The van der Waals surface area contributed by atoms with E-state index in [9.17, 15) is 4.79 Å². The summed E-state index contributed by atoms with van der Waals surface area (Å²) in [5.41, 5.74) is 0.129. The van der Waals surface area contributed by atoms with E-state index in [2.05, 4.69) is 4.98 Å². The Bertz CT molecular complexity index is 272. The van der Waals surface area contributed by atoms with Crippen LogP contribution in [0.3, 0.4) is 0 Å². The Kier molecular flexibility index (Phi) is 2.06. The van der Waals surface area contributed by atoms with Crippen molar-refractivity contribution in [1.82, 2.24) is 4.98 Å². The van der Waals surface area contributed by atoms with Crippen molar-refractivity contribution >= 4 is 5.97 Å². The molecule has 0 amide bonds. The van der Waals surface area contributed by atoms with E-state index in [1.54, 1.807) is 0 Å². The van der Waals surface area contributed by atoms with E-state index in [0.717, 1.165) is 0 Å². The maximum atomic E-state index is 10.4. The van der Waals surface area contributed by atoms with E-state index in [0.29, 0.717) is 5.75 Å². The smallest absolute Gasteiger partial charge is 0.337 e. The van der Waals surface area contributed by atoms with Crippen LogP contribution < -0.4 is 4.74 Å². The first-order valence-corrected chi connectivity index (χ1v) is 2.96. The zero-order valence-corrected chi connectivity index (χ0v) is 5.94. The molecular weight excluding hydrogens is 146 g/mol. The van der Waals surface area contributed by atoms with Crippen molar-refractivity contribution in [3.8, 4) is 5.75 Å². The van der Waals surface area contributed by atoms with Gasteiger partial charge in [-0.25, -0.2) is 4.79 Å². The summed E-state index contributed by atoms with van der Waals surface area (Å²) in [6.45, 7) is 0. The van der Waals surface area contributed by atoms with Gasteiger partial charge in [-0.1, -0.05) is 0 Å². The van der Waals surface area contributed by atoms with Gasteiger partial charge in [0, 0.05) is 6.20 Å². The molecule has 4 heteroatoms. The second-order valence-corrected chi connectivity index (χ2v) is 1.92. The maximum absolute atomic E-state index is 10.4. The molecule has 58 valence electrons. The Hall–Kier alpha value is -1.58. The van der Waals surface area contributed by atoms with Gasteiger partial charge in [0.15, 0.2) is 0 Å². The lowest BCUT2D eigenvalue weighted by Crippen LogP contribution is -1.97. The first-order chi connectivity index (χ1) is 5.24. The fourth-order valence-corrected chi connectivity index (χ4v) is 0.647. The van der Waals surface area contributed by atoms with E-state index < -0.39 is 5.97 Å². The van der Waals surface area contributed by atoms with E-state index >= 15 is 0 Å². The van der Waals surface area contributed by atoms with Crippen LogP contribution in [0.5, 0.6) is 5.75 Å². The summed E-state index contributed by atoms with van der Waals surface area (Å²) in [7, 11) is 1.46. The van der Waals surface area contributed by atoms with Gasteiger partial charge >= 0.3 is 5.97 Å². The molecule has 1 N–H and O–H groups in total. The number of hydrogen-bond donors (Lipinski definition) is 1. The number of rotatable bonds is 2. The van der Waals surface area contributed by atoms with Crippen molar-refractivity contribution in [3.05, 3.63) is 24.0 Å². The number of hydrogen-bond acceptors (Lipinski definition) is 3. The van der Waals surface area contributed by atoms with Crippen LogP contribution >= 0.6 is 0 Å². The average Bonchev–Trinajstić information content (AvgIpc) is 2.05. The molecule has 0 spiro atoms. The minimum Gasteiger partial charge on any atom is -0.495 e. The molecule has 1 aromatic heterocycles. The van der Waals surface area contributed by atoms with E-state index in [-0.39, 0.29) is 5.56 Å². The highest BCUT2D eigenvalue weighted by molar-refractivity contribution is 5.87. The normalized spacial score (nSPS) is 9.18. The van der Waals surface area contributed by atoms with Gasteiger partial charge in [-0.2, -0.15) is 0 Å². The van der Waals surface area contributed by atoms with Crippen molar-refractivity contribution < 1.29 is 14.6 Å². The minimum atomic E-state index is -1.00. The van der Waals surface area contributed by atoms with Crippen LogP contribution in [0.1, 0.15) is 10.4 Å². The first kappa shape index (κ1) is 7.53. The third-order valence-electron chi connectivity index (χ3n) is 1.20. The number of methoxy groups -OCH3 is 1. The van der Waals surface area contributed by atoms with Crippen LogP contribution in [-0.4, -0.2) is 23.2 Å². The summed E-state index contributed by atoms with van der Waals surface area (Å²) in [5.74, 6) is -0.554.